The summed E-state index contributed by atoms with van der Waals surface area (Å²) in [4.78, 5) is 64.1. The number of hydroxylamine groups is 4. The highest BCUT2D eigenvalue weighted by Gasteiger charge is 2.50. The Morgan fingerprint density at radius 3 is 0.971 bits per heavy atom. The van der Waals surface area contributed by atoms with Crippen molar-refractivity contribution in [3.63, 3.8) is 0 Å². The van der Waals surface area contributed by atoms with Crippen molar-refractivity contribution in [1.82, 2.24) is 10.1 Å². The maximum Gasteiger partial charge on any atom is 0.311 e. The molecule has 12 heteroatoms. The van der Waals surface area contributed by atoms with E-state index in [2.05, 4.69) is 65.5 Å². The van der Waals surface area contributed by atoms with Gasteiger partial charge >= 0.3 is 23.9 Å². The zero-order valence-corrected chi connectivity index (χ0v) is 45.1. The smallest absolute Gasteiger partial charge is 0.311 e. The third-order valence-electron chi connectivity index (χ3n) is 13.3. The van der Waals surface area contributed by atoms with Crippen LogP contribution in [0, 0.1) is 10.8 Å². The predicted molar refractivity (Wildman–Crippen MR) is 266 cm³/mol. The topological polar surface area (TPSA) is 130 Å². The van der Waals surface area contributed by atoms with Gasteiger partial charge in [0.15, 0.2) is 0 Å². The Balaban J connectivity index is 1.14. The van der Waals surface area contributed by atoms with Crippen LogP contribution in [0.15, 0.2) is 48.5 Å². The van der Waals surface area contributed by atoms with Crippen molar-refractivity contribution >= 4 is 23.9 Å². The number of benzene rings is 2. The lowest BCUT2D eigenvalue weighted by molar-refractivity contribution is -0.314. The number of carbonyl (C=O) groups is 4. The van der Waals surface area contributed by atoms with Crippen LogP contribution in [0.5, 0.6) is 0 Å². The normalized spacial score (nSPS) is 20.7. The van der Waals surface area contributed by atoms with Crippen LogP contribution in [0.2, 0.25) is 0 Å². The SMILES string of the molecule is CC(OC(=O)CCCCCCC(=O)OC(C)c1ccc(C(C)ON2C(C)(C)CC(OC(=O)C(C)(C)C)CC2(C)C)cc1)c1ccc(C(C)ON2C(C)(C)CC(OC(=O)C(C)(C)C)CC2(C)C)cc1. The fraction of sp³-hybridized carbons (Fsp3) is 0.714. The summed E-state index contributed by atoms with van der Waals surface area (Å²) >= 11 is 0. The number of rotatable bonds is 19. The van der Waals surface area contributed by atoms with E-state index in [-0.39, 0.29) is 70.4 Å². The molecule has 2 saturated heterocycles. The summed E-state index contributed by atoms with van der Waals surface area (Å²) < 4.78 is 23.5. The lowest BCUT2D eigenvalue weighted by atomic mass is 9.80. The summed E-state index contributed by atoms with van der Waals surface area (Å²) in [5.74, 6) is -0.857. The highest BCUT2D eigenvalue weighted by Crippen LogP contribution is 2.44. The second-order valence-corrected chi connectivity index (χ2v) is 24.2. The van der Waals surface area contributed by atoms with Gasteiger partial charge in [-0.2, -0.15) is 10.1 Å². The molecule has 4 rings (SSSR count). The van der Waals surface area contributed by atoms with Gasteiger partial charge in [-0.3, -0.25) is 28.9 Å². The molecular formula is C56H88N2O10. The van der Waals surface area contributed by atoms with Crippen LogP contribution >= 0.6 is 0 Å². The molecule has 0 N–H and O–H groups in total. The molecule has 12 nitrogen and oxygen atoms in total. The molecule has 0 radical (unpaired) electrons. The molecule has 2 aliphatic rings. The van der Waals surface area contributed by atoms with E-state index >= 15 is 0 Å². The molecule has 2 aliphatic heterocycles. The molecule has 68 heavy (non-hydrogen) atoms. The van der Waals surface area contributed by atoms with Gasteiger partial charge in [0.25, 0.3) is 0 Å². The first kappa shape index (κ1) is 56.7. The first-order chi connectivity index (χ1) is 31.2. The average Bonchev–Trinajstić information content (AvgIpc) is 3.20. The van der Waals surface area contributed by atoms with Crippen LogP contribution in [0.4, 0.5) is 0 Å². The fourth-order valence-electron chi connectivity index (χ4n) is 9.79. The number of esters is 4. The molecule has 0 aromatic heterocycles. The number of hydrogen-bond donors (Lipinski definition) is 0. The third kappa shape index (κ3) is 15.8. The molecule has 2 aromatic carbocycles. The van der Waals surface area contributed by atoms with E-state index < -0.39 is 23.0 Å². The van der Waals surface area contributed by atoms with Gasteiger partial charge < -0.3 is 18.9 Å². The molecule has 2 aromatic rings. The van der Waals surface area contributed by atoms with Gasteiger partial charge in [-0.25, -0.2) is 0 Å². The molecule has 4 atom stereocenters. The third-order valence-corrected chi connectivity index (χ3v) is 13.3. The number of hydrogen-bond acceptors (Lipinski definition) is 12. The van der Waals surface area contributed by atoms with Crippen molar-refractivity contribution in [3.8, 4) is 0 Å². The number of piperidine rings is 2. The van der Waals surface area contributed by atoms with E-state index in [4.69, 9.17) is 28.6 Å². The minimum atomic E-state index is -0.555. The van der Waals surface area contributed by atoms with Crippen molar-refractivity contribution in [2.75, 3.05) is 0 Å². The maximum atomic E-state index is 12.8. The molecule has 382 valence electrons. The number of unbranched alkanes of at least 4 members (excludes halogenated alkanes) is 3. The molecule has 0 bridgehead atoms. The maximum absolute atomic E-state index is 12.8. The standard InChI is InChI=1S/C56H88N2O10/c1-37(41-25-29-43(30-26-41)39(3)67-57-53(11,12)33-45(34-54(57,13)14)65-49(61)51(5,6)7)63-47(59)23-21-19-20-22-24-48(60)64-38(2)42-27-31-44(32-28-42)40(4)68-58-55(15,16)35-46(36-56(58,17)18)66-50(62)52(8,9)10/h25-32,37-40,45-46H,19-24,33-36H2,1-18H3. The lowest BCUT2D eigenvalue weighted by Crippen LogP contribution is -2.62. The van der Waals surface area contributed by atoms with E-state index in [1.807, 2.05) is 118 Å². The van der Waals surface area contributed by atoms with E-state index in [0.717, 1.165) is 35.1 Å². The summed E-state index contributed by atoms with van der Waals surface area (Å²) in [6, 6.07) is 16.0. The highest BCUT2D eigenvalue weighted by molar-refractivity contribution is 5.76. The van der Waals surface area contributed by atoms with Crippen molar-refractivity contribution in [3.05, 3.63) is 70.8 Å². The first-order valence-corrected chi connectivity index (χ1v) is 25.2. The lowest BCUT2D eigenvalue weighted by Gasteiger charge is -2.54. The van der Waals surface area contributed by atoms with Gasteiger partial charge in [0.1, 0.15) is 36.6 Å². The summed E-state index contributed by atoms with van der Waals surface area (Å²) in [5, 5.41) is 4.14. The van der Waals surface area contributed by atoms with E-state index in [9.17, 15) is 19.2 Å². The van der Waals surface area contributed by atoms with Crippen molar-refractivity contribution in [2.24, 2.45) is 10.8 Å². The van der Waals surface area contributed by atoms with Crippen LogP contribution in [-0.4, -0.2) is 68.4 Å². The molecule has 4 unspecified atom stereocenters. The summed E-state index contributed by atoms with van der Waals surface area (Å²) in [7, 11) is 0. The van der Waals surface area contributed by atoms with E-state index in [0.29, 0.717) is 51.4 Å². The van der Waals surface area contributed by atoms with E-state index in [1.165, 1.54) is 0 Å². The van der Waals surface area contributed by atoms with Gasteiger partial charge in [0, 0.05) is 60.7 Å². The zero-order valence-electron chi connectivity index (χ0n) is 45.1. The molecule has 2 heterocycles. The van der Waals surface area contributed by atoms with Crippen LogP contribution in [0.3, 0.4) is 0 Å². The van der Waals surface area contributed by atoms with Crippen LogP contribution < -0.4 is 0 Å². The fourth-order valence-corrected chi connectivity index (χ4v) is 9.79. The Labute approximate surface area is 409 Å². The summed E-state index contributed by atoms with van der Waals surface area (Å²) in [6.45, 7) is 36.1. The zero-order chi connectivity index (χ0) is 51.2. The first-order valence-electron chi connectivity index (χ1n) is 25.2. The van der Waals surface area contributed by atoms with Gasteiger partial charge in [0.2, 0.25) is 0 Å². The molecule has 0 amide bonds. The Bertz CT molecular complexity index is 1810. The summed E-state index contributed by atoms with van der Waals surface area (Å²) in [5.41, 5.74) is 1.22. The number of nitrogens with zero attached hydrogens (tertiary/aromatic N) is 2. The Hall–Kier alpha value is -3.84. The highest BCUT2D eigenvalue weighted by atomic mass is 16.7. The Morgan fingerprint density at radius 1 is 0.471 bits per heavy atom. The van der Waals surface area contributed by atoms with Gasteiger partial charge in [-0.05, 0) is 160 Å². The van der Waals surface area contributed by atoms with Crippen molar-refractivity contribution < 1.29 is 47.8 Å². The summed E-state index contributed by atoms with van der Waals surface area (Å²) in [6.07, 6.45) is 4.63. The largest absolute Gasteiger partial charge is 0.462 e. The minimum absolute atomic E-state index is 0.186. The molecule has 0 saturated carbocycles. The monoisotopic (exact) mass is 949 g/mol. The van der Waals surface area contributed by atoms with Gasteiger partial charge in [0.05, 0.1) is 10.8 Å². The molecule has 0 aliphatic carbocycles. The van der Waals surface area contributed by atoms with Crippen molar-refractivity contribution in [1.29, 1.82) is 0 Å². The minimum Gasteiger partial charge on any atom is -0.462 e. The quantitative estimate of drug-likeness (QED) is 0.0755. The Kier molecular flexibility index (Phi) is 18.8. The van der Waals surface area contributed by atoms with Gasteiger partial charge in [-0.15, -0.1) is 0 Å². The molecule has 2 fully saturated rings. The van der Waals surface area contributed by atoms with Crippen LogP contribution in [0.1, 0.15) is 236 Å². The predicted octanol–water partition coefficient (Wildman–Crippen LogP) is 13.1. The number of carbonyl (C=O) groups excluding carboxylic acids is 4. The van der Waals surface area contributed by atoms with E-state index in [1.54, 1.807) is 0 Å². The molecular weight excluding hydrogens is 861 g/mol. The second kappa shape index (κ2) is 22.5. The second-order valence-electron chi connectivity index (χ2n) is 24.2. The van der Waals surface area contributed by atoms with Gasteiger partial charge in [-0.1, -0.05) is 61.4 Å². The van der Waals surface area contributed by atoms with Crippen LogP contribution in [0.25, 0.3) is 0 Å². The number of ether oxygens (including phenoxy) is 4. The average molecular weight is 949 g/mol. The Morgan fingerprint density at radius 2 is 0.721 bits per heavy atom. The van der Waals surface area contributed by atoms with Crippen LogP contribution in [-0.2, 0) is 47.8 Å². The molecule has 0 spiro atoms. The van der Waals surface area contributed by atoms with Crippen molar-refractivity contribution in [2.45, 2.75) is 248 Å².